The van der Waals surface area contributed by atoms with Crippen LogP contribution in [0.2, 0.25) is 0 Å². The lowest BCUT2D eigenvalue weighted by molar-refractivity contribution is -0.148. The molecule has 4 amide bonds. The van der Waals surface area contributed by atoms with Crippen molar-refractivity contribution in [2.45, 2.75) is 129 Å². The Bertz CT molecular complexity index is 1410. The van der Waals surface area contributed by atoms with E-state index in [1.807, 2.05) is 78.7 Å². The number of methoxy groups -OCH3 is 2. The van der Waals surface area contributed by atoms with Gasteiger partial charge in [0.05, 0.1) is 55.2 Å². The predicted molar refractivity (Wildman–Crippen MR) is 212 cm³/mol. The molecule has 54 heavy (non-hydrogen) atoms. The standard InChI is InChI=1S/C41H69N7O6/c1-13-27(6)37(47(10)41(52)35(25(2)3)45-40(51)36(26(4)5)46(8)9)33(53-11)24-34(49)48-21-15-18-32(48)38(54-12)28(7)39(50)44-31(19-20-42)23-29-16-14-17-30(43)22-29/h14,16-17,22,25-28,31-33,35-38H,13,15,18-19,21,23-24,43H2,1-12H3,(H,44,50)(H,45,51)/t27-,28+,31+,32-,33+,35?,36-,37-,38+/m0/s1. The Kier molecular flexibility index (Phi) is 18.9. The molecular formula is C41H69N7O6. The first-order chi connectivity index (χ1) is 25.4. The molecule has 0 aromatic heterocycles. The number of nitrogens with one attached hydrogen (secondary N) is 2. The van der Waals surface area contributed by atoms with E-state index in [9.17, 15) is 24.4 Å². The minimum atomic E-state index is -0.764. The molecule has 1 aromatic carbocycles. The maximum absolute atomic E-state index is 14.2. The number of rotatable bonds is 21. The van der Waals surface area contributed by atoms with Gasteiger partial charge in [-0.3, -0.25) is 24.1 Å². The number of likely N-dealkylation sites (tertiary alicyclic amines) is 1. The molecule has 0 saturated carbocycles. The topological polar surface area (TPSA) is 170 Å². The molecule has 0 spiro atoms. The van der Waals surface area contributed by atoms with Gasteiger partial charge in [-0.1, -0.05) is 67.0 Å². The molecule has 1 aliphatic rings. The number of ether oxygens (including phenoxy) is 2. The summed E-state index contributed by atoms with van der Waals surface area (Å²) in [6, 6.07) is 7.17. The molecule has 9 atom stereocenters. The van der Waals surface area contributed by atoms with E-state index in [2.05, 4.69) is 16.7 Å². The third kappa shape index (κ3) is 12.4. The minimum Gasteiger partial charge on any atom is -0.399 e. The fourth-order valence-corrected chi connectivity index (χ4v) is 8.03. The number of nitrogens with two attached hydrogens (primary N) is 1. The number of benzene rings is 1. The normalized spacial score (nSPS) is 19.0. The fourth-order valence-electron chi connectivity index (χ4n) is 8.03. The van der Waals surface area contributed by atoms with Gasteiger partial charge >= 0.3 is 0 Å². The van der Waals surface area contributed by atoms with Gasteiger partial charge in [0.2, 0.25) is 23.6 Å². The van der Waals surface area contributed by atoms with E-state index in [0.717, 1.165) is 18.4 Å². The van der Waals surface area contributed by atoms with Gasteiger partial charge in [-0.2, -0.15) is 5.26 Å². The highest BCUT2D eigenvalue weighted by atomic mass is 16.5. The van der Waals surface area contributed by atoms with Gasteiger partial charge in [0.25, 0.3) is 0 Å². The Labute approximate surface area is 324 Å². The minimum absolute atomic E-state index is 0.0237. The van der Waals surface area contributed by atoms with Crippen LogP contribution in [0, 0.1) is 35.0 Å². The molecule has 2 rings (SSSR count). The van der Waals surface area contributed by atoms with E-state index in [1.165, 1.54) is 0 Å². The maximum atomic E-state index is 14.2. The highest BCUT2D eigenvalue weighted by Crippen LogP contribution is 2.30. The zero-order valence-corrected chi connectivity index (χ0v) is 34.9. The second-order valence-electron chi connectivity index (χ2n) is 16.0. The summed E-state index contributed by atoms with van der Waals surface area (Å²) in [5.74, 6) is -1.61. The molecule has 4 N–H and O–H groups in total. The molecule has 0 aliphatic carbocycles. The van der Waals surface area contributed by atoms with Crippen LogP contribution in [0.5, 0.6) is 0 Å². The summed E-state index contributed by atoms with van der Waals surface area (Å²) in [5, 5.41) is 15.6. The van der Waals surface area contributed by atoms with Gasteiger partial charge in [0.1, 0.15) is 6.04 Å². The van der Waals surface area contributed by atoms with Crippen molar-refractivity contribution in [2.24, 2.45) is 23.7 Å². The lowest BCUT2D eigenvalue weighted by Gasteiger charge is -2.41. The quantitative estimate of drug-likeness (QED) is 0.158. The van der Waals surface area contributed by atoms with Crippen LogP contribution in [0.25, 0.3) is 0 Å². The third-order valence-electron chi connectivity index (χ3n) is 11.1. The molecule has 1 heterocycles. The van der Waals surface area contributed by atoms with E-state index in [4.69, 9.17) is 15.2 Å². The average molecular weight is 756 g/mol. The molecule has 1 fully saturated rings. The van der Waals surface area contributed by atoms with Crippen molar-refractivity contribution in [1.29, 1.82) is 5.26 Å². The zero-order valence-electron chi connectivity index (χ0n) is 34.9. The van der Waals surface area contributed by atoms with Gasteiger partial charge < -0.3 is 35.6 Å². The maximum Gasteiger partial charge on any atom is 0.245 e. The van der Waals surface area contributed by atoms with Crippen LogP contribution in [0.15, 0.2) is 24.3 Å². The first-order valence-corrected chi connectivity index (χ1v) is 19.5. The Hall–Kier alpha value is -3.73. The van der Waals surface area contributed by atoms with Crippen molar-refractivity contribution >= 4 is 29.3 Å². The first kappa shape index (κ1) is 46.4. The van der Waals surface area contributed by atoms with Crippen molar-refractivity contribution < 1.29 is 28.7 Å². The van der Waals surface area contributed by atoms with Crippen LogP contribution in [-0.2, 0) is 35.1 Å². The lowest BCUT2D eigenvalue weighted by Crippen LogP contribution is -2.59. The molecule has 1 aromatic rings. The first-order valence-electron chi connectivity index (χ1n) is 19.5. The van der Waals surface area contributed by atoms with Crippen molar-refractivity contribution in [3.63, 3.8) is 0 Å². The highest BCUT2D eigenvalue weighted by Gasteiger charge is 2.43. The molecule has 304 valence electrons. The number of hydrogen-bond acceptors (Lipinski definition) is 9. The number of likely N-dealkylation sites (N-methyl/N-ethyl adjacent to an activating group) is 2. The number of carbonyl (C=O) groups is 4. The average Bonchev–Trinajstić information content (AvgIpc) is 3.59. The van der Waals surface area contributed by atoms with Crippen LogP contribution in [0.1, 0.15) is 86.1 Å². The summed E-state index contributed by atoms with van der Waals surface area (Å²) in [4.78, 5) is 60.8. The highest BCUT2D eigenvalue weighted by molar-refractivity contribution is 5.90. The van der Waals surface area contributed by atoms with Crippen LogP contribution in [-0.4, -0.2) is 123 Å². The molecule has 13 heteroatoms. The molecule has 0 radical (unpaired) electrons. The van der Waals surface area contributed by atoms with Gasteiger partial charge in [0, 0.05) is 39.5 Å². The van der Waals surface area contributed by atoms with Gasteiger partial charge in [-0.15, -0.1) is 0 Å². The van der Waals surface area contributed by atoms with E-state index >= 15 is 0 Å². The Morgan fingerprint density at radius 2 is 1.67 bits per heavy atom. The van der Waals surface area contributed by atoms with Crippen LogP contribution >= 0.6 is 0 Å². The molecule has 13 nitrogen and oxygen atoms in total. The van der Waals surface area contributed by atoms with Crippen LogP contribution in [0.3, 0.4) is 0 Å². The molecule has 1 aliphatic heterocycles. The molecule has 1 unspecified atom stereocenters. The Balaban J connectivity index is 2.27. The summed E-state index contributed by atoms with van der Waals surface area (Å²) >= 11 is 0. The Morgan fingerprint density at radius 3 is 2.19 bits per heavy atom. The number of anilines is 1. The number of carbonyl (C=O) groups excluding carboxylic acids is 4. The number of hydrogen-bond donors (Lipinski definition) is 3. The van der Waals surface area contributed by atoms with E-state index in [-0.39, 0.29) is 60.3 Å². The third-order valence-corrected chi connectivity index (χ3v) is 11.1. The van der Waals surface area contributed by atoms with E-state index in [0.29, 0.717) is 25.1 Å². The van der Waals surface area contributed by atoms with Crippen molar-refractivity contribution in [1.82, 2.24) is 25.3 Å². The summed E-state index contributed by atoms with van der Waals surface area (Å²) < 4.78 is 12.0. The molecule has 1 saturated heterocycles. The van der Waals surface area contributed by atoms with Gasteiger partial charge in [0.15, 0.2) is 0 Å². The number of amides is 4. The number of nitrogens with zero attached hydrogens (tertiary/aromatic N) is 4. The molecule has 0 bridgehead atoms. The predicted octanol–water partition coefficient (Wildman–Crippen LogP) is 3.86. The summed E-state index contributed by atoms with van der Waals surface area (Å²) in [6.07, 6.45) is 1.54. The Morgan fingerprint density at radius 1 is 1.00 bits per heavy atom. The second-order valence-corrected chi connectivity index (χ2v) is 16.0. The summed E-state index contributed by atoms with van der Waals surface area (Å²) in [6.45, 7) is 14.2. The van der Waals surface area contributed by atoms with Gasteiger partial charge in [-0.25, -0.2) is 0 Å². The van der Waals surface area contributed by atoms with Gasteiger partial charge in [-0.05, 0) is 68.8 Å². The number of nitriles is 1. The largest absolute Gasteiger partial charge is 0.399 e. The van der Waals surface area contributed by atoms with E-state index in [1.54, 1.807) is 44.1 Å². The number of nitrogen functional groups attached to an aromatic ring is 1. The van der Waals surface area contributed by atoms with E-state index < -0.39 is 42.3 Å². The lowest BCUT2D eigenvalue weighted by atomic mass is 9.89. The second kappa shape index (κ2) is 22.0. The zero-order chi connectivity index (χ0) is 40.9. The fraction of sp³-hybridized carbons (Fsp3) is 0.732. The van der Waals surface area contributed by atoms with Crippen molar-refractivity contribution in [2.75, 3.05) is 47.6 Å². The summed E-state index contributed by atoms with van der Waals surface area (Å²) in [7, 11) is 8.56. The van der Waals surface area contributed by atoms with Crippen LogP contribution < -0.4 is 16.4 Å². The summed E-state index contributed by atoms with van der Waals surface area (Å²) in [5.41, 5.74) is 7.48. The van der Waals surface area contributed by atoms with Crippen molar-refractivity contribution in [3.8, 4) is 6.07 Å². The van der Waals surface area contributed by atoms with Crippen molar-refractivity contribution in [3.05, 3.63) is 29.8 Å². The monoisotopic (exact) mass is 756 g/mol. The smallest absolute Gasteiger partial charge is 0.245 e. The SMILES string of the molecule is CC[C@H](C)[C@@H]([C@@H](CC(=O)N1CCC[C@H]1[C@H](OC)[C@@H](C)C(=O)N[C@H](CC#N)Cc1cccc(N)c1)OC)N(C)C(=O)C(NC(=O)[C@H](C(C)C)N(C)C)C(C)C. The van der Waals surface area contributed by atoms with Crippen LogP contribution in [0.4, 0.5) is 5.69 Å². The molecular weight excluding hydrogens is 686 g/mol.